The van der Waals surface area contributed by atoms with Gasteiger partial charge in [0.25, 0.3) is 3.79 Å². The Hall–Kier alpha value is -0.240. The van der Waals surface area contributed by atoms with Crippen molar-refractivity contribution in [2.45, 2.75) is 29.3 Å². The second-order valence-corrected chi connectivity index (χ2v) is 7.87. The number of rotatable bonds is 6. The van der Waals surface area contributed by atoms with Crippen LogP contribution in [0.4, 0.5) is 0 Å². The number of carbonyl (C=O) groups is 2. The van der Waals surface area contributed by atoms with Gasteiger partial charge in [0, 0.05) is 24.4 Å². The fourth-order valence-electron chi connectivity index (χ4n) is 1.57. The molecule has 1 aromatic rings. The number of aliphatic hydroxyl groups is 2. The minimum Gasteiger partial charge on any atom is -0.390 e. The monoisotopic (exact) mass is 373 g/mol. The number of carbonyl (C=O) groups excluding carboxylic acids is 2. The number of nitrogens with one attached hydrogen (secondary N) is 1. The quantitative estimate of drug-likeness (QED) is 0.526. The Kier molecular flexibility index (Phi) is 7.03. The molecule has 0 aliphatic heterocycles. The Bertz CT molecular complexity index is 515. The predicted octanol–water partition coefficient (Wildman–Crippen LogP) is 2.63. The maximum absolute atomic E-state index is 11.7. The summed E-state index contributed by atoms with van der Waals surface area (Å²) >= 11 is 17.5. The van der Waals surface area contributed by atoms with E-state index in [2.05, 4.69) is 4.98 Å². The first-order chi connectivity index (χ1) is 9.62. The van der Waals surface area contributed by atoms with Crippen molar-refractivity contribution in [2.75, 3.05) is 5.75 Å². The number of Topliss-reactive ketones (excluding diaryl/α,β-unsaturated/α-hetero) is 1. The summed E-state index contributed by atoms with van der Waals surface area (Å²) in [5.41, 5.74) is 0.322. The van der Waals surface area contributed by atoms with Crippen LogP contribution in [0.1, 0.15) is 35.5 Å². The van der Waals surface area contributed by atoms with Crippen molar-refractivity contribution < 1.29 is 19.8 Å². The van der Waals surface area contributed by atoms with Crippen LogP contribution in [-0.2, 0) is 4.79 Å². The maximum atomic E-state index is 11.7. The van der Waals surface area contributed by atoms with Crippen molar-refractivity contribution in [1.29, 1.82) is 0 Å². The van der Waals surface area contributed by atoms with E-state index < -0.39 is 21.8 Å². The van der Waals surface area contributed by atoms with E-state index in [0.29, 0.717) is 11.3 Å². The van der Waals surface area contributed by atoms with Gasteiger partial charge in [-0.2, -0.15) is 0 Å². The number of H-pyrrole nitrogens is 1. The highest BCUT2D eigenvalue weighted by molar-refractivity contribution is 8.13. The molecule has 1 heterocycles. The summed E-state index contributed by atoms with van der Waals surface area (Å²) in [6.07, 6.45) is -0.686. The van der Waals surface area contributed by atoms with Crippen LogP contribution in [-0.4, -0.2) is 41.7 Å². The molecule has 5 nitrogen and oxygen atoms in total. The Balaban J connectivity index is 2.67. The SMILES string of the molecule is CC(=O)SCCC(O)C(O)c1c[nH]c(C(=O)C(Cl)(Cl)Cl)c1. The van der Waals surface area contributed by atoms with E-state index in [-0.39, 0.29) is 17.2 Å². The second-order valence-electron chi connectivity index (χ2n) is 4.31. The van der Waals surface area contributed by atoms with Crippen molar-refractivity contribution >= 4 is 57.5 Å². The average Bonchev–Trinajstić information content (AvgIpc) is 2.84. The molecule has 3 N–H and O–H groups in total. The third-order valence-corrected chi connectivity index (χ3v) is 3.99. The number of hydrogen-bond acceptors (Lipinski definition) is 5. The van der Waals surface area contributed by atoms with Gasteiger partial charge in [-0.1, -0.05) is 46.6 Å². The molecular formula is C12H14Cl3NO4S. The molecular weight excluding hydrogens is 361 g/mol. The zero-order chi connectivity index (χ0) is 16.2. The number of aromatic amines is 1. The summed E-state index contributed by atoms with van der Waals surface area (Å²) in [6.45, 7) is 1.42. The zero-order valence-corrected chi connectivity index (χ0v) is 14.1. The van der Waals surface area contributed by atoms with Gasteiger partial charge in [0.15, 0.2) is 5.12 Å². The molecule has 0 radical (unpaired) electrons. The van der Waals surface area contributed by atoms with Gasteiger partial charge in [0.05, 0.1) is 11.8 Å². The molecule has 0 aliphatic rings. The topological polar surface area (TPSA) is 90.4 Å². The van der Waals surface area contributed by atoms with E-state index in [1.807, 2.05) is 0 Å². The highest BCUT2D eigenvalue weighted by atomic mass is 35.6. The summed E-state index contributed by atoms with van der Waals surface area (Å²) in [5.74, 6) is -0.370. The molecule has 0 spiro atoms. The summed E-state index contributed by atoms with van der Waals surface area (Å²) in [6, 6.07) is 1.32. The largest absolute Gasteiger partial charge is 0.390 e. The molecule has 0 saturated heterocycles. The molecule has 0 aliphatic carbocycles. The van der Waals surface area contributed by atoms with E-state index in [4.69, 9.17) is 34.8 Å². The third kappa shape index (κ3) is 5.81. The highest BCUT2D eigenvalue weighted by Gasteiger charge is 2.33. The fraction of sp³-hybridized carbons (Fsp3) is 0.500. The van der Waals surface area contributed by atoms with Crippen LogP contribution in [0.2, 0.25) is 0 Å². The van der Waals surface area contributed by atoms with Crippen molar-refractivity contribution in [2.24, 2.45) is 0 Å². The van der Waals surface area contributed by atoms with Crippen LogP contribution in [0.15, 0.2) is 12.3 Å². The van der Waals surface area contributed by atoms with Crippen LogP contribution >= 0.6 is 46.6 Å². The molecule has 118 valence electrons. The van der Waals surface area contributed by atoms with Gasteiger partial charge in [0.2, 0.25) is 5.78 Å². The van der Waals surface area contributed by atoms with Crippen LogP contribution in [0.25, 0.3) is 0 Å². The van der Waals surface area contributed by atoms with Crippen molar-refractivity contribution in [3.05, 3.63) is 23.5 Å². The minimum atomic E-state index is -2.09. The van der Waals surface area contributed by atoms with E-state index in [1.54, 1.807) is 0 Å². The first kappa shape index (κ1) is 18.8. The molecule has 0 saturated carbocycles. The van der Waals surface area contributed by atoms with Gasteiger partial charge in [-0.15, -0.1) is 0 Å². The van der Waals surface area contributed by atoms with E-state index in [0.717, 1.165) is 11.8 Å². The van der Waals surface area contributed by atoms with Gasteiger partial charge in [-0.05, 0) is 12.5 Å². The second kappa shape index (κ2) is 7.85. The van der Waals surface area contributed by atoms with Crippen molar-refractivity contribution in [3.8, 4) is 0 Å². The van der Waals surface area contributed by atoms with Crippen LogP contribution in [0.5, 0.6) is 0 Å². The molecule has 9 heteroatoms. The lowest BCUT2D eigenvalue weighted by atomic mass is 10.1. The molecule has 0 bridgehead atoms. The summed E-state index contributed by atoms with van der Waals surface area (Å²) < 4.78 is -2.09. The fourth-order valence-corrected chi connectivity index (χ4v) is 2.52. The number of halogens is 3. The predicted molar refractivity (Wildman–Crippen MR) is 84.1 cm³/mol. The lowest BCUT2D eigenvalue weighted by Gasteiger charge is -2.16. The number of hydrogen-bond donors (Lipinski definition) is 3. The van der Waals surface area contributed by atoms with Gasteiger partial charge >= 0.3 is 0 Å². The van der Waals surface area contributed by atoms with Crippen molar-refractivity contribution in [1.82, 2.24) is 4.98 Å². The van der Waals surface area contributed by atoms with Crippen LogP contribution in [0.3, 0.4) is 0 Å². The normalized spacial score (nSPS) is 14.8. The number of aliphatic hydroxyl groups excluding tert-OH is 2. The average molecular weight is 375 g/mol. The highest BCUT2D eigenvalue weighted by Crippen LogP contribution is 2.31. The summed E-state index contributed by atoms with van der Waals surface area (Å²) in [4.78, 5) is 25.1. The molecule has 21 heavy (non-hydrogen) atoms. The van der Waals surface area contributed by atoms with Gasteiger partial charge in [0.1, 0.15) is 6.10 Å². The standard InChI is InChI=1S/C12H14Cl3NO4S/c1-6(17)21-3-2-9(18)10(19)7-4-8(16-5-7)11(20)12(13,14)15/h4-5,9-10,16,18-19H,2-3H2,1H3. The Labute approximate surface area is 141 Å². The number of aromatic nitrogens is 1. The molecule has 2 unspecified atom stereocenters. The molecule has 0 aromatic carbocycles. The summed E-state index contributed by atoms with van der Waals surface area (Å²) in [5, 5.41) is 19.8. The first-order valence-corrected chi connectivity index (χ1v) is 8.04. The third-order valence-electron chi connectivity index (χ3n) is 2.63. The van der Waals surface area contributed by atoms with Gasteiger partial charge < -0.3 is 15.2 Å². The zero-order valence-electron chi connectivity index (χ0n) is 11.0. The number of thioether (sulfide) groups is 1. The van der Waals surface area contributed by atoms with Crippen molar-refractivity contribution in [3.63, 3.8) is 0 Å². The number of ketones is 1. The lowest BCUT2D eigenvalue weighted by Crippen LogP contribution is -2.20. The smallest absolute Gasteiger partial charge is 0.254 e. The van der Waals surface area contributed by atoms with Gasteiger partial charge in [-0.25, -0.2) is 0 Å². The molecule has 1 rings (SSSR count). The Morgan fingerprint density at radius 1 is 1.38 bits per heavy atom. The molecule has 0 amide bonds. The minimum absolute atomic E-state index is 0.0226. The number of alkyl halides is 3. The molecule has 2 atom stereocenters. The molecule has 0 fully saturated rings. The van der Waals surface area contributed by atoms with Gasteiger partial charge in [-0.3, -0.25) is 9.59 Å². The van der Waals surface area contributed by atoms with E-state index in [9.17, 15) is 19.8 Å². The van der Waals surface area contributed by atoms with Crippen LogP contribution < -0.4 is 0 Å². The molecule has 1 aromatic heterocycles. The Morgan fingerprint density at radius 2 is 2.00 bits per heavy atom. The van der Waals surface area contributed by atoms with E-state index >= 15 is 0 Å². The summed E-state index contributed by atoms with van der Waals surface area (Å²) in [7, 11) is 0. The Morgan fingerprint density at radius 3 is 2.52 bits per heavy atom. The van der Waals surface area contributed by atoms with E-state index in [1.165, 1.54) is 19.2 Å². The first-order valence-electron chi connectivity index (χ1n) is 5.92. The maximum Gasteiger partial charge on any atom is 0.254 e. The lowest BCUT2D eigenvalue weighted by molar-refractivity contribution is -0.109. The van der Waals surface area contributed by atoms with Crippen LogP contribution in [0, 0.1) is 0 Å².